The Hall–Kier alpha value is -2.51. The van der Waals surface area contributed by atoms with E-state index in [4.69, 9.17) is 16.3 Å². The van der Waals surface area contributed by atoms with Crippen LogP contribution in [0.3, 0.4) is 0 Å². The molecule has 3 rings (SSSR count). The number of nitrogens with one attached hydrogen (secondary N) is 1. The number of aliphatic imine (C=N–C) groups is 1. The van der Waals surface area contributed by atoms with Gasteiger partial charge in [0, 0.05) is 24.2 Å². The van der Waals surface area contributed by atoms with Crippen LogP contribution in [-0.2, 0) is 9.59 Å². The van der Waals surface area contributed by atoms with Gasteiger partial charge in [-0.25, -0.2) is 4.90 Å². The molecular formula is C19H18ClN3O3S. The van der Waals surface area contributed by atoms with Gasteiger partial charge in [0.25, 0.3) is 0 Å². The first-order valence-corrected chi connectivity index (χ1v) is 9.45. The first-order chi connectivity index (χ1) is 13.0. The molecule has 0 aliphatic carbocycles. The van der Waals surface area contributed by atoms with Crippen molar-refractivity contribution in [2.75, 3.05) is 24.4 Å². The second-order valence-electron chi connectivity index (χ2n) is 5.71. The van der Waals surface area contributed by atoms with E-state index < -0.39 is 5.25 Å². The Morgan fingerprint density at radius 1 is 1.22 bits per heavy atom. The Kier molecular flexibility index (Phi) is 6.03. The van der Waals surface area contributed by atoms with Crippen molar-refractivity contribution in [2.24, 2.45) is 4.99 Å². The molecule has 140 valence electrons. The number of rotatable bonds is 4. The average Bonchev–Trinajstić information content (AvgIpc) is 2.96. The summed E-state index contributed by atoms with van der Waals surface area (Å²) in [6.07, 6.45) is 0.100. The van der Waals surface area contributed by atoms with Gasteiger partial charge in [-0.15, -0.1) is 0 Å². The molecule has 0 bridgehead atoms. The highest BCUT2D eigenvalue weighted by molar-refractivity contribution is 8.15. The summed E-state index contributed by atoms with van der Waals surface area (Å²) >= 11 is 7.12. The van der Waals surface area contributed by atoms with Gasteiger partial charge in [0.05, 0.1) is 12.8 Å². The molecule has 1 atom stereocenters. The standard InChI is InChI=1S/C19H18ClN3O3S/c1-21-19(22-13-9-7-12(20)8-10-13)27-16-11-17(24)23(18(16)25)14-5-3-4-6-15(14)26-2/h3-10,16H,11H2,1-2H3,(H,21,22)/t16-/m1/s1. The molecule has 0 aromatic heterocycles. The van der Waals surface area contributed by atoms with Crippen LogP contribution in [0.5, 0.6) is 5.75 Å². The van der Waals surface area contributed by atoms with Crippen molar-refractivity contribution in [1.82, 2.24) is 0 Å². The lowest BCUT2D eigenvalue weighted by Crippen LogP contribution is -2.32. The molecule has 1 saturated heterocycles. The number of hydrogen-bond acceptors (Lipinski definition) is 5. The molecule has 2 aromatic rings. The summed E-state index contributed by atoms with van der Waals surface area (Å²) in [5.41, 5.74) is 1.25. The molecule has 2 amide bonds. The zero-order chi connectivity index (χ0) is 19.4. The maximum absolute atomic E-state index is 12.9. The lowest BCUT2D eigenvalue weighted by atomic mass is 10.2. The number of thioether (sulfide) groups is 1. The number of carbonyl (C=O) groups is 2. The molecule has 6 nitrogen and oxygen atoms in total. The van der Waals surface area contributed by atoms with E-state index in [1.165, 1.54) is 23.8 Å². The average molecular weight is 404 g/mol. The van der Waals surface area contributed by atoms with Crippen molar-refractivity contribution >= 4 is 51.7 Å². The monoisotopic (exact) mass is 403 g/mol. The highest BCUT2D eigenvalue weighted by Crippen LogP contribution is 2.35. The van der Waals surface area contributed by atoms with Crippen LogP contribution in [0.2, 0.25) is 5.02 Å². The topological polar surface area (TPSA) is 71.0 Å². The molecule has 1 aliphatic heterocycles. The third-order valence-electron chi connectivity index (χ3n) is 3.98. The van der Waals surface area contributed by atoms with Crippen LogP contribution >= 0.6 is 23.4 Å². The third kappa shape index (κ3) is 4.26. The molecule has 0 radical (unpaired) electrons. The van der Waals surface area contributed by atoms with Crippen LogP contribution in [0.1, 0.15) is 6.42 Å². The van der Waals surface area contributed by atoms with Gasteiger partial charge in [0.1, 0.15) is 11.0 Å². The highest BCUT2D eigenvalue weighted by Gasteiger charge is 2.41. The summed E-state index contributed by atoms with van der Waals surface area (Å²) in [7, 11) is 3.14. The van der Waals surface area contributed by atoms with E-state index in [1.54, 1.807) is 43.4 Å². The summed E-state index contributed by atoms with van der Waals surface area (Å²) in [5, 5.41) is 3.77. The fourth-order valence-electron chi connectivity index (χ4n) is 2.69. The SMILES string of the molecule is CN=C(Nc1ccc(Cl)cc1)S[C@@H]1CC(=O)N(c2ccccc2OC)C1=O. The summed E-state index contributed by atoms with van der Waals surface area (Å²) in [4.78, 5) is 30.7. The Labute approximate surface area is 166 Å². The van der Waals surface area contributed by atoms with Crippen LogP contribution in [0, 0.1) is 0 Å². The quantitative estimate of drug-likeness (QED) is 0.477. The minimum Gasteiger partial charge on any atom is -0.495 e. The van der Waals surface area contributed by atoms with Gasteiger partial charge in [0.15, 0.2) is 5.17 Å². The van der Waals surface area contributed by atoms with Crippen LogP contribution in [0.25, 0.3) is 0 Å². The van der Waals surface area contributed by atoms with Gasteiger partial charge in [-0.1, -0.05) is 35.5 Å². The summed E-state index contributed by atoms with van der Waals surface area (Å²) in [6, 6.07) is 14.1. The minimum atomic E-state index is -0.555. The van der Waals surface area contributed by atoms with Crippen molar-refractivity contribution in [3.05, 3.63) is 53.6 Å². The number of hydrogen-bond donors (Lipinski definition) is 1. The number of nitrogens with zero attached hydrogens (tertiary/aromatic N) is 2. The molecule has 0 unspecified atom stereocenters. The smallest absolute Gasteiger partial charge is 0.248 e. The fraction of sp³-hybridized carbons (Fsp3) is 0.211. The van der Waals surface area contributed by atoms with E-state index in [2.05, 4.69) is 10.3 Å². The second kappa shape index (κ2) is 8.45. The van der Waals surface area contributed by atoms with E-state index in [1.807, 2.05) is 12.1 Å². The summed E-state index contributed by atoms with van der Waals surface area (Å²) < 4.78 is 5.28. The number of halogens is 1. The molecule has 1 N–H and O–H groups in total. The predicted octanol–water partition coefficient (Wildman–Crippen LogP) is 3.81. The minimum absolute atomic E-state index is 0.100. The maximum atomic E-state index is 12.9. The number of anilines is 2. The fourth-order valence-corrected chi connectivity index (χ4v) is 3.80. The molecule has 2 aromatic carbocycles. The van der Waals surface area contributed by atoms with Crippen molar-refractivity contribution in [2.45, 2.75) is 11.7 Å². The van der Waals surface area contributed by atoms with E-state index in [-0.39, 0.29) is 18.2 Å². The second-order valence-corrected chi connectivity index (χ2v) is 7.34. The van der Waals surface area contributed by atoms with Crippen molar-refractivity contribution in [3.63, 3.8) is 0 Å². The number of amidine groups is 1. The zero-order valence-corrected chi connectivity index (χ0v) is 16.4. The van der Waals surface area contributed by atoms with Gasteiger partial charge in [-0.3, -0.25) is 14.6 Å². The van der Waals surface area contributed by atoms with E-state index in [0.29, 0.717) is 21.6 Å². The molecule has 0 saturated carbocycles. The van der Waals surface area contributed by atoms with Crippen LogP contribution in [-0.4, -0.2) is 36.4 Å². The molecule has 0 spiro atoms. The van der Waals surface area contributed by atoms with Crippen molar-refractivity contribution in [3.8, 4) is 5.75 Å². The Morgan fingerprint density at radius 3 is 2.59 bits per heavy atom. The zero-order valence-electron chi connectivity index (χ0n) is 14.8. The van der Waals surface area contributed by atoms with Gasteiger partial charge >= 0.3 is 0 Å². The Bertz CT molecular complexity index is 886. The number of carbonyl (C=O) groups excluding carboxylic acids is 2. The predicted molar refractivity (Wildman–Crippen MR) is 110 cm³/mol. The lowest BCUT2D eigenvalue weighted by molar-refractivity contribution is -0.121. The third-order valence-corrected chi connectivity index (χ3v) is 5.40. The highest BCUT2D eigenvalue weighted by atomic mass is 35.5. The van der Waals surface area contributed by atoms with Crippen LogP contribution < -0.4 is 15.0 Å². The van der Waals surface area contributed by atoms with Gasteiger partial charge in [0.2, 0.25) is 11.8 Å². The normalized spacial score (nSPS) is 17.4. The number of methoxy groups -OCH3 is 1. The number of imide groups is 1. The van der Waals surface area contributed by atoms with Crippen molar-refractivity contribution < 1.29 is 14.3 Å². The molecule has 27 heavy (non-hydrogen) atoms. The van der Waals surface area contributed by atoms with Gasteiger partial charge < -0.3 is 10.1 Å². The number of benzene rings is 2. The molecule has 8 heteroatoms. The molecule has 1 heterocycles. The van der Waals surface area contributed by atoms with E-state index in [9.17, 15) is 9.59 Å². The first kappa shape index (κ1) is 19.3. The summed E-state index contributed by atoms with van der Waals surface area (Å²) in [6.45, 7) is 0. The first-order valence-electron chi connectivity index (χ1n) is 8.19. The summed E-state index contributed by atoms with van der Waals surface area (Å²) in [5.74, 6) is -0.0639. The van der Waals surface area contributed by atoms with Gasteiger partial charge in [-0.05, 0) is 36.4 Å². The molecule has 1 fully saturated rings. The Balaban J connectivity index is 1.75. The van der Waals surface area contributed by atoms with E-state index >= 15 is 0 Å². The maximum Gasteiger partial charge on any atom is 0.248 e. The van der Waals surface area contributed by atoms with E-state index in [0.717, 1.165) is 5.69 Å². The largest absolute Gasteiger partial charge is 0.495 e. The molecular weight excluding hydrogens is 386 g/mol. The Morgan fingerprint density at radius 2 is 1.93 bits per heavy atom. The van der Waals surface area contributed by atoms with Crippen LogP contribution in [0.15, 0.2) is 53.5 Å². The van der Waals surface area contributed by atoms with Crippen LogP contribution in [0.4, 0.5) is 11.4 Å². The molecule has 1 aliphatic rings. The van der Waals surface area contributed by atoms with Gasteiger partial charge in [-0.2, -0.15) is 0 Å². The number of ether oxygens (including phenoxy) is 1. The van der Waals surface area contributed by atoms with Crippen molar-refractivity contribution in [1.29, 1.82) is 0 Å². The lowest BCUT2D eigenvalue weighted by Gasteiger charge is -2.18. The number of para-hydroxylation sites is 2. The number of amides is 2.